The lowest BCUT2D eigenvalue weighted by molar-refractivity contribution is 0.113. The molecule has 0 spiro atoms. The van der Waals surface area contributed by atoms with Crippen molar-refractivity contribution >= 4 is 0 Å². The molecule has 1 aromatic rings. The quantitative estimate of drug-likeness (QED) is 0.846. The highest BCUT2D eigenvalue weighted by molar-refractivity contribution is 5.26. The number of rotatable bonds is 4. The maximum absolute atomic E-state index is 13.8. The van der Waals surface area contributed by atoms with Gasteiger partial charge in [0.1, 0.15) is 5.82 Å². The van der Waals surface area contributed by atoms with E-state index in [0.717, 1.165) is 12.8 Å². The maximum Gasteiger partial charge on any atom is 0.128 e. The van der Waals surface area contributed by atoms with Gasteiger partial charge in [0, 0.05) is 17.0 Å². The van der Waals surface area contributed by atoms with Gasteiger partial charge in [-0.3, -0.25) is 0 Å². The molecule has 3 heteroatoms. The Bertz CT molecular complexity index is 374. The molecule has 0 aromatic heterocycles. The van der Waals surface area contributed by atoms with E-state index in [-0.39, 0.29) is 23.9 Å². The van der Waals surface area contributed by atoms with E-state index in [2.05, 4.69) is 0 Å². The molecule has 1 N–H and O–H groups in total. The Labute approximate surface area is 95.7 Å². The number of nitrogens with zero attached hydrogens (tertiary/aromatic N) is 1. The van der Waals surface area contributed by atoms with Gasteiger partial charge in [-0.25, -0.2) is 4.39 Å². The molecule has 0 aliphatic heterocycles. The summed E-state index contributed by atoms with van der Waals surface area (Å²) < 4.78 is 13.8. The Morgan fingerprint density at radius 1 is 1.38 bits per heavy atom. The highest BCUT2D eigenvalue weighted by atomic mass is 19.1. The molecule has 1 fully saturated rings. The molecule has 1 aromatic carbocycles. The second-order valence-electron chi connectivity index (χ2n) is 4.91. The summed E-state index contributed by atoms with van der Waals surface area (Å²) in [6.45, 7) is 0.129. The maximum atomic E-state index is 13.8. The van der Waals surface area contributed by atoms with Gasteiger partial charge in [-0.05, 0) is 33.0 Å². The van der Waals surface area contributed by atoms with E-state index in [1.165, 1.54) is 6.07 Å². The van der Waals surface area contributed by atoms with Gasteiger partial charge < -0.3 is 10.0 Å². The summed E-state index contributed by atoms with van der Waals surface area (Å²) in [5, 5.41) is 9.48. The van der Waals surface area contributed by atoms with Crippen molar-refractivity contribution in [3.05, 3.63) is 35.6 Å². The summed E-state index contributed by atoms with van der Waals surface area (Å²) in [7, 11) is 3.87. The Morgan fingerprint density at radius 3 is 2.44 bits per heavy atom. The van der Waals surface area contributed by atoms with Crippen LogP contribution in [0.2, 0.25) is 0 Å². The molecule has 0 radical (unpaired) electrons. The van der Waals surface area contributed by atoms with Crippen LogP contribution in [0.3, 0.4) is 0 Å². The van der Waals surface area contributed by atoms with Crippen LogP contribution < -0.4 is 0 Å². The molecule has 1 aliphatic rings. The van der Waals surface area contributed by atoms with Crippen molar-refractivity contribution in [3.63, 3.8) is 0 Å². The molecular formula is C13H18FNO. The SMILES string of the molecule is CN(C)C(c1ccccc1F)C1(CO)CC1. The smallest absolute Gasteiger partial charge is 0.128 e. The monoisotopic (exact) mass is 223 g/mol. The van der Waals surface area contributed by atoms with Crippen LogP contribution in [-0.2, 0) is 0 Å². The number of benzene rings is 1. The molecule has 0 amide bonds. The average Bonchev–Trinajstić information content (AvgIpc) is 3.02. The van der Waals surface area contributed by atoms with Crippen LogP contribution in [0.25, 0.3) is 0 Å². The number of aliphatic hydroxyl groups excluding tert-OH is 1. The van der Waals surface area contributed by atoms with E-state index in [0.29, 0.717) is 5.56 Å². The van der Waals surface area contributed by atoms with Crippen LogP contribution >= 0.6 is 0 Å². The van der Waals surface area contributed by atoms with Gasteiger partial charge in [0.25, 0.3) is 0 Å². The van der Waals surface area contributed by atoms with Crippen molar-refractivity contribution < 1.29 is 9.50 Å². The minimum absolute atomic E-state index is 0.0290. The summed E-state index contributed by atoms with van der Waals surface area (Å²) >= 11 is 0. The first-order valence-electron chi connectivity index (χ1n) is 5.62. The summed E-state index contributed by atoms with van der Waals surface area (Å²) in [4.78, 5) is 2.00. The number of aliphatic hydroxyl groups is 1. The van der Waals surface area contributed by atoms with Crippen molar-refractivity contribution in [2.75, 3.05) is 20.7 Å². The van der Waals surface area contributed by atoms with Crippen molar-refractivity contribution in [2.24, 2.45) is 5.41 Å². The van der Waals surface area contributed by atoms with Crippen molar-refractivity contribution in [1.29, 1.82) is 0 Å². The van der Waals surface area contributed by atoms with Gasteiger partial charge in [-0.2, -0.15) is 0 Å². The van der Waals surface area contributed by atoms with E-state index < -0.39 is 0 Å². The van der Waals surface area contributed by atoms with Crippen molar-refractivity contribution in [2.45, 2.75) is 18.9 Å². The van der Waals surface area contributed by atoms with Crippen molar-refractivity contribution in [1.82, 2.24) is 4.90 Å². The molecule has 0 heterocycles. The highest BCUT2D eigenvalue weighted by Gasteiger charge is 2.51. The second-order valence-corrected chi connectivity index (χ2v) is 4.91. The van der Waals surface area contributed by atoms with Crippen LogP contribution in [0, 0.1) is 11.2 Å². The topological polar surface area (TPSA) is 23.5 Å². The van der Waals surface area contributed by atoms with Gasteiger partial charge in [-0.1, -0.05) is 18.2 Å². The fraction of sp³-hybridized carbons (Fsp3) is 0.538. The van der Waals surface area contributed by atoms with Gasteiger partial charge in [-0.15, -0.1) is 0 Å². The molecule has 1 atom stereocenters. The molecule has 1 saturated carbocycles. The molecule has 16 heavy (non-hydrogen) atoms. The zero-order valence-electron chi connectivity index (χ0n) is 9.78. The predicted molar refractivity (Wildman–Crippen MR) is 61.6 cm³/mol. The minimum Gasteiger partial charge on any atom is -0.396 e. The molecule has 0 saturated heterocycles. The number of hydrogen-bond donors (Lipinski definition) is 1. The number of hydrogen-bond acceptors (Lipinski definition) is 2. The third-order valence-electron chi connectivity index (χ3n) is 3.50. The first-order chi connectivity index (χ1) is 7.60. The molecule has 1 unspecified atom stereocenters. The molecule has 2 nitrogen and oxygen atoms in total. The third-order valence-corrected chi connectivity index (χ3v) is 3.50. The first-order valence-corrected chi connectivity index (χ1v) is 5.62. The zero-order chi connectivity index (χ0) is 11.8. The lowest BCUT2D eigenvalue weighted by Crippen LogP contribution is -2.31. The van der Waals surface area contributed by atoms with Gasteiger partial charge in [0.15, 0.2) is 0 Å². The number of halogens is 1. The van der Waals surface area contributed by atoms with E-state index >= 15 is 0 Å². The Kier molecular flexibility index (Phi) is 3.00. The standard InChI is InChI=1S/C13H18FNO/c1-15(2)12(13(9-16)7-8-13)10-5-3-4-6-11(10)14/h3-6,12,16H,7-9H2,1-2H3. The van der Waals surface area contributed by atoms with Gasteiger partial charge in [0.05, 0.1) is 6.61 Å². The Balaban J connectivity index is 2.38. The van der Waals surface area contributed by atoms with E-state index in [4.69, 9.17) is 0 Å². The largest absolute Gasteiger partial charge is 0.396 e. The molecule has 1 aliphatic carbocycles. The molecule has 88 valence electrons. The molecule has 2 rings (SSSR count). The van der Waals surface area contributed by atoms with Gasteiger partial charge >= 0.3 is 0 Å². The van der Waals surface area contributed by atoms with E-state index in [1.807, 2.05) is 31.1 Å². The first kappa shape index (κ1) is 11.6. The van der Waals surface area contributed by atoms with E-state index in [1.54, 1.807) is 6.07 Å². The fourth-order valence-corrected chi connectivity index (χ4v) is 2.53. The van der Waals surface area contributed by atoms with E-state index in [9.17, 15) is 9.50 Å². The fourth-order valence-electron chi connectivity index (χ4n) is 2.53. The Morgan fingerprint density at radius 2 is 2.00 bits per heavy atom. The van der Waals surface area contributed by atoms with Crippen LogP contribution in [0.5, 0.6) is 0 Å². The summed E-state index contributed by atoms with van der Waals surface area (Å²) in [6.07, 6.45) is 1.95. The summed E-state index contributed by atoms with van der Waals surface area (Å²) in [5.74, 6) is -0.180. The lowest BCUT2D eigenvalue weighted by Gasteiger charge is -2.32. The van der Waals surface area contributed by atoms with Crippen molar-refractivity contribution in [3.8, 4) is 0 Å². The summed E-state index contributed by atoms with van der Waals surface area (Å²) in [5.41, 5.74) is 0.560. The van der Waals surface area contributed by atoms with Crippen LogP contribution in [0.1, 0.15) is 24.4 Å². The highest BCUT2D eigenvalue weighted by Crippen LogP contribution is 2.56. The predicted octanol–water partition coefficient (Wildman–Crippen LogP) is 2.20. The summed E-state index contributed by atoms with van der Waals surface area (Å²) in [6, 6.07) is 6.82. The zero-order valence-corrected chi connectivity index (χ0v) is 9.78. The minimum atomic E-state index is -0.180. The third kappa shape index (κ3) is 1.85. The molecule has 0 bridgehead atoms. The van der Waals surface area contributed by atoms with Crippen LogP contribution in [0.4, 0.5) is 4.39 Å². The van der Waals surface area contributed by atoms with Gasteiger partial charge in [0.2, 0.25) is 0 Å². The average molecular weight is 223 g/mol. The Hall–Kier alpha value is -0.930. The van der Waals surface area contributed by atoms with Crippen LogP contribution in [0.15, 0.2) is 24.3 Å². The second kappa shape index (κ2) is 4.15. The lowest BCUT2D eigenvalue weighted by atomic mass is 9.89. The molecular weight excluding hydrogens is 205 g/mol. The normalized spacial score (nSPS) is 19.8. The van der Waals surface area contributed by atoms with Crippen LogP contribution in [-0.4, -0.2) is 30.7 Å².